The number of methoxy groups -OCH3 is 1. The van der Waals surface area contributed by atoms with Crippen molar-refractivity contribution in [2.45, 2.75) is 11.8 Å². The zero-order valence-corrected chi connectivity index (χ0v) is 17.9. The van der Waals surface area contributed by atoms with Crippen LogP contribution in [0.5, 0.6) is 5.75 Å². The summed E-state index contributed by atoms with van der Waals surface area (Å²) >= 11 is 0. The van der Waals surface area contributed by atoms with E-state index in [1.54, 1.807) is 66.7 Å². The van der Waals surface area contributed by atoms with Gasteiger partial charge in [-0.25, -0.2) is 8.42 Å². The van der Waals surface area contributed by atoms with E-state index in [0.717, 1.165) is 4.31 Å². The Bertz CT molecular complexity index is 1180. The maximum Gasteiger partial charge on any atom is 0.264 e. The van der Waals surface area contributed by atoms with Crippen LogP contribution in [0.3, 0.4) is 0 Å². The van der Waals surface area contributed by atoms with Crippen molar-refractivity contribution in [2.75, 3.05) is 23.3 Å². The number of hydrogen-bond donors (Lipinski definition) is 1. The van der Waals surface area contributed by atoms with Crippen LogP contribution in [-0.2, 0) is 14.8 Å². The summed E-state index contributed by atoms with van der Waals surface area (Å²) in [6, 6.07) is 20.8. The summed E-state index contributed by atoms with van der Waals surface area (Å²) < 4.78 is 32.8. The molecule has 7 nitrogen and oxygen atoms in total. The first kappa shape index (κ1) is 22.0. The number of sulfonamides is 1. The third kappa shape index (κ3) is 5.29. The fourth-order valence-electron chi connectivity index (χ4n) is 2.93. The highest BCUT2D eigenvalue weighted by Crippen LogP contribution is 2.25. The summed E-state index contributed by atoms with van der Waals surface area (Å²) in [5, 5.41) is 2.66. The van der Waals surface area contributed by atoms with Gasteiger partial charge >= 0.3 is 0 Å². The van der Waals surface area contributed by atoms with Gasteiger partial charge in [0.1, 0.15) is 12.3 Å². The number of Topliss-reactive ketones (excluding diaryl/α,β-unsaturated/α-hetero) is 1. The number of carbonyl (C=O) groups is 2. The van der Waals surface area contributed by atoms with Crippen molar-refractivity contribution in [3.8, 4) is 5.75 Å². The van der Waals surface area contributed by atoms with Gasteiger partial charge < -0.3 is 10.1 Å². The molecule has 0 radical (unpaired) electrons. The minimum Gasteiger partial charge on any atom is -0.497 e. The first-order chi connectivity index (χ1) is 14.8. The van der Waals surface area contributed by atoms with Crippen molar-refractivity contribution in [1.29, 1.82) is 0 Å². The molecule has 0 aromatic heterocycles. The third-order valence-electron chi connectivity index (χ3n) is 4.53. The summed E-state index contributed by atoms with van der Waals surface area (Å²) in [6.45, 7) is 0.988. The monoisotopic (exact) mass is 438 g/mol. The lowest BCUT2D eigenvalue weighted by atomic mass is 10.1. The van der Waals surface area contributed by atoms with E-state index in [-0.39, 0.29) is 10.7 Å². The fourth-order valence-corrected chi connectivity index (χ4v) is 4.35. The molecule has 0 unspecified atom stereocenters. The summed E-state index contributed by atoms with van der Waals surface area (Å²) in [6.07, 6.45) is 0. The van der Waals surface area contributed by atoms with Gasteiger partial charge in [-0.3, -0.25) is 13.9 Å². The molecule has 0 bridgehead atoms. The molecule has 8 heteroatoms. The molecular formula is C23H22N2O5S. The second kappa shape index (κ2) is 9.44. The Morgan fingerprint density at radius 3 is 2.23 bits per heavy atom. The molecule has 0 fully saturated rings. The maximum absolute atomic E-state index is 13.3. The highest BCUT2D eigenvalue weighted by atomic mass is 32.2. The second-order valence-corrected chi connectivity index (χ2v) is 8.57. The highest BCUT2D eigenvalue weighted by Gasteiger charge is 2.27. The van der Waals surface area contributed by atoms with E-state index in [9.17, 15) is 18.0 Å². The van der Waals surface area contributed by atoms with Crippen LogP contribution in [0.15, 0.2) is 83.8 Å². The van der Waals surface area contributed by atoms with E-state index in [1.165, 1.54) is 26.2 Å². The Kier molecular flexibility index (Phi) is 6.71. The van der Waals surface area contributed by atoms with Crippen molar-refractivity contribution in [3.05, 3.63) is 84.4 Å². The lowest BCUT2D eigenvalue weighted by Gasteiger charge is -2.24. The molecule has 0 aliphatic carbocycles. The van der Waals surface area contributed by atoms with E-state index in [2.05, 4.69) is 5.32 Å². The van der Waals surface area contributed by atoms with Crippen LogP contribution in [0.4, 0.5) is 11.4 Å². The first-order valence-corrected chi connectivity index (χ1v) is 10.9. The van der Waals surface area contributed by atoms with Crippen molar-refractivity contribution in [2.24, 2.45) is 0 Å². The SMILES string of the molecule is COc1ccc(S(=O)(=O)N(CC(=O)Nc2cccc(C(C)=O)c2)c2ccccc2)cc1. The van der Waals surface area contributed by atoms with Crippen molar-refractivity contribution >= 4 is 33.1 Å². The number of hydrogen-bond acceptors (Lipinski definition) is 5. The number of ether oxygens (including phenoxy) is 1. The Balaban J connectivity index is 1.90. The van der Waals surface area contributed by atoms with Crippen LogP contribution in [-0.4, -0.2) is 33.8 Å². The Hall–Kier alpha value is -3.65. The van der Waals surface area contributed by atoms with Crippen LogP contribution in [0.25, 0.3) is 0 Å². The van der Waals surface area contributed by atoms with E-state index >= 15 is 0 Å². The van der Waals surface area contributed by atoms with Gasteiger partial charge in [0.05, 0.1) is 17.7 Å². The molecule has 3 rings (SSSR count). The average molecular weight is 439 g/mol. The van der Waals surface area contributed by atoms with Crippen LogP contribution in [0.1, 0.15) is 17.3 Å². The molecule has 0 spiro atoms. The molecule has 3 aromatic carbocycles. The maximum atomic E-state index is 13.3. The lowest BCUT2D eigenvalue weighted by Crippen LogP contribution is -2.38. The lowest BCUT2D eigenvalue weighted by molar-refractivity contribution is -0.114. The number of ketones is 1. The molecule has 31 heavy (non-hydrogen) atoms. The van der Waals surface area contributed by atoms with Gasteiger partial charge in [0.2, 0.25) is 5.91 Å². The number of nitrogens with zero attached hydrogens (tertiary/aromatic N) is 1. The van der Waals surface area contributed by atoms with E-state index in [1.807, 2.05) is 0 Å². The van der Waals surface area contributed by atoms with Crippen molar-refractivity contribution < 1.29 is 22.7 Å². The van der Waals surface area contributed by atoms with Crippen LogP contribution in [0.2, 0.25) is 0 Å². The van der Waals surface area contributed by atoms with Gasteiger partial charge in [0.25, 0.3) is 10.0 Å². The number of benzene rings is 3. The quantitative estimate of drug-likeness (QED) is 0.541. The molecule has 0 saturated heterocycles. The number of nitrogens with one attached hydrogen (secondary N) is 1. The Labute approximate surface area is 181 Å². The standard InChI is InChI=1S/C23H22N2O5S/c1-17(26)18-7-6-8-19(15-18)24-23(27)16-25(20-9-4-3-5-10-20)31(28,29)22-13-11-21(30-2)12-14-22/h3-15H,16H2,1-2H3,(H,24,27). The van der Waals surface area contributed by atoms with Gasteiger partial charge in [-0.15, -0.1) is 0 Å². The summed E-state index contributed by atoms with van der Waals surface area (Å²) in [7, 11) is -2.53. The van der Waals surface area contributed by atoms with Crippen LogP contribution >= 0.6 is 0 Å². The topological polar surface area (TPSA) is 92.8 Å². The molecule has 160 valence electrons. The zero-order chi connectivity index (χ0) is 22.4. The van der Waals surface area contributed by atoms with Gasteiger partial charge in [-0.2, -0.15) is 0 Å². The minimum atomic E-state index is -4.03. The number of para-hydroxylation sites is 1. The molecule has 0 heterocycles. The predicted octanol–water partition coefficient (Wildman–Crippen LogP) is 3.73. The molecule has 0 saturated carbocycles. The summed E-state index contributed by atoms with van der Waals surface area (Å²) in [5.74, 6) is -0.154. The van der Waals surface area contributed by atoms with Crippen molar-refractivity contribution in [1.82, 2.24) is 0 Å². The number of anilines is 2. The van der Waals surface area contributed by atoms with Crippen molar-refractivity contribution in [3.63, 3.8) is 0 Å². The number of carbonyl (C=O) groups excluding carboxylic acids is 2. The largest absolute Gasteiger partial charge is 0.497 e. The summed E-state index contributed by atoms with van der Waals surface area (Å²) in [4.78, 5) is 24.3. The highest BCUT2D eigenvalue weighted by molar-refractivity contribution is 7.92. The second-order valence-electron chi connectivity index (χ2n) is 6.71. The zero-order valence-electron chi connectivity index (χ0n) is 17.1. The third-order valence-corrected chi connectivity index (χ3v) is 6.32. The normalized spacial score (nSPS) is 10.9. The van der Waals surface area contributed by atoms with Gasteiger partial charge in [0, 0.05) is 11.3 Å². The first-order valence-electron chi connectivity index (χ1n) is 9.44. The molecule has 1 amide bonds. The van der Waals surface area contributed by atoms with Gasteiger partial charge in [-0.05, 0) is 55.5 Å². The number of amides is 1. The van der Waals surface area contributed by atoms with Crippen LogP contribution in [0, 0.1) is 0 Å². The molecule has 1 N–H and O–H groups in total. The molecule has 0 aliphatic rings. The van der Waals surface area contributed by atoms with E-state index in [0.29, 0.717) is 22.7 Å². The minimum absolute atomic E-state index is 0.0310. The van der Waals surface area contributed by atoms with E-state index in [4.69, 9.17) is 4.74 Å². The summed E-state index contributed by atoms with van der Waals surface area (Å²) in [5.41, 5.74) is 1.21. The fraction of sp³-hybridized carbons (Fsp3) is 0.130. The molecule has 3 aromatic rings. The molecular weight excluding hydrogens is 416 g/mol. The van der Waals surface area contributed by atoms with Gasteiger partial charge in [0.15, 0.2) is 5.78 Å². The molecule has 0 aliphatic heterocycles. The predicted molar refractivity (Wildman–Crippen MR) is 119 cm³/mol. The number of rotatable bonds is 8. The average Bonchev–Trinajstić information content (AvgIpc) is 2.78. The molecule has 0 atom stereocenters. The smallest absolute Gasteiger partial charge is 0.264 e. The van der Waals surface area contributed by atoms with Gasteiger partial charge in [-0.1, -0.05) is 30.3 Å². The van der Waals surface area contributed by atoms with Crippen LogP contribution < -0.4 is 14.4 Å². The Morgan fingerprint density at radius 1 is 0.935 bits per heavy atom. The Morgan fingerprint density at radius 2 is 1.61 bits per heavy atom. The van der Waals surface area contributed by atoms with E-state index < -0.39 is 22.5 Å².